The fourth-order valence-corrected chi connectivity index (χ4v) is 2.10. The second-order valence-corrected chi connectivity index (χ2v) is 4.97. The summed E-state index contributed by atoms with van der Waals surface area (Å²) < 4.78 is 0. The van der Waals surface area contributed by atoms with Gasteiger partial charge in [-0.3, -0.25) is 4.79 Å². The molecule has 0 saturated heterocycles. The van der Waals surface area contributed by atoms with E-state index in [-0.39, 0.29) is 5.91 Å². The molecule has 0 fully saturated rings. The average molecular weight is 262 g/mol. The van der Waals surface area contributed by atoms with Gasteiger partial charge >= 0.3 is 0 Å². The molecule has 0 spiro atoms. The van der Waals surface area contributed by atoms with Crippen molar-refractivity contribution in [1.82, 2.24) is 5.32 Å². The molecule has 0 aliphatic rings. The van der Waals surface area contributed by atoms with Gasteiger partial charge in [-0.05, 0) is 37.5 Å². The zero-order valence-corrected chi connectivity index (χ0v) is 12.5. The Morgan fingerprint density at radius 1 is 1.21 bits per heavy atom. The molecule has 0 heterocycles. The minimum Gasteiger partial charge on any atom is -0.385 e. The van der Waals surface area contributed by atoms with E-state index in [0.29, 0.717) is 5.92 Å². The maximum absolute atomic E-state index is 12.2. The summed E-state index contributed by atoms with van der Waals surface area (Å²) >= 11 is 0. The molecule has 3 heteroatoms. The summed E-state index contributed by atoms with van der Waals surface area (Å²) in [5.74, 6) is 0.583. The standard InChI is InChI=1S/C16H26N2O/c1-5-13(6-2)11-18-16(19)14-9-8-12(4)10-15(14)17-7-3/h8-10,13,17H,5-7,11H2,1-4H3,(H,18,19). The van der Waals surface area contributed by atoms with Crippen LogP contribution in [0.5, 0.6) is 0 Å². The van der Waals surface area contributed by atoms with E-state index in [9.17, 15) is 4.79 Å². The molecule has 0 saturated carbocycles. The number of benzene rings is 1. The second-order valence-electron chi connectivity index (χ2n) is 4.97. The number of anilines is 1. The van der Waals surface area contributed by atoms with Crippen molar-refractivity contribution in [1.29, 1.82) is 0 Å². The summed E-state index contributed by atoms with van der Waals surface area (Å²) in [5.41, 5.74) is 2.82. The molecule has 0 aliphatic carbocycles. The van der Waals surface area contributed by atoms with Crippen LogP contribution in [0.15, 0.2) is 18.2 Å². The number of nitrogens with one attached hydrogen (secondary N) is 2. The van der Waals surface area contributed by atoms with Gasteiger partial charge in [0.25, 0.3) is 5.91 Å². The summed E-state index contributed by atoms with van der Waals surface area (Å²) in [6, 6.07) is 5.90. The van der Waals surface area contributed by atoms with Gasteiger partial charge in [0, 0.05) is 18.8 Å². The number of hydrogen-bond donors (Lipinski definition) is 2. The van der Waals surface area contributed by atoms with E-state index in [1.54, 1.807) is 0 Å². The molecular weight excluding hydrogens is 236 g/mol. The summed E-state index contributed by atoms with van der Waals surface area (Å²) in [6.45, 7) is 9.97. The second kappa shape index (κ2) is 7.82. The maximum atomic E-state index is 12.2. The minimum atomic E-state index is 0.0165. The molecule has 0 radical (unpaired) electrons. The lowest BCUT2D eigenvalue weighted by Crippen LogP contribution is -2.29. The van der Waals surface area contributed by atoms with E-state index in [2.05, 4.69) is 24.5 Å². The molecule has 1 aromatic rings. The summed E-state index contributed by atoms with van der Waals surface area (Å²) in [4.78, 5) is 12.2. The van der Waals surface area contributed by atoms with Gasteiger partial charge in [0.2, 0.25) is 0 Å². The molecular formula is C16H26N2O. The van der Waals surface area contributed by atoms with Crippen molar-refractivity contribution < 1.29 is 4.79 Å². The van der Waals surface area contributed by atoms with E-state index >= 15 is 0 Å². The smallest absolute Gasteiger partial charge is 0.253 e. The Hall–Kier alpha value is -1.51. The predicted octanol–water partition coefficient (Wildman–Crippen LogP) is 3.59. The normalized spacial score (nSPS) is 10.6. The molecule has 0 aliphatic heterocycles. The van der Waals surface area contributed by atoms with Crippen molar-refractivity contribution in [3.63, 3.8) is 0 Å². The largest absolute Gasteiger partial charge is 0.385 e. The van der Waals surface area contributed by atoms with Crippen LogP contribution >= 0.6 is 0 Å². The Kier molecular flexibility index (Phi) is 6.40. The molecule has 0 atom stereocenters. The average Bonchev–Trinajstić information content (AvgIpc) is 2.40. The molecule has 106 valence electrons. The van der Waals surface area contributed by atoms with E-state index in [1.165, 1.54) is 0 Å². The van der Waals surface area contributed by atoms with Crippen molar-refractivity contribution in [2.24, 2.45) is 5.92 Å². The topological polar surface area (TPSA) is 41.1 Å². The monoisotopic (exact) mass is 262 g/mol. The van der Waals surface area contributed by atoms with Crippen LogP contribution in [0.25, 0.3) is 0 Å². The summed E-state index contributed by atoms with van der Waals surface area (Å²) in [6.07, 6.45) is 2.20. The van der Waals surface area contributed by atoms with Crippen molar-refractivity contribution in [3.8, 4) is 0 Å². The van der Waals surface area contributed by atoms with Crippen LogP contribution in [0.2, 0.25) is 0 Å². The van der Waals surface area contributed by atoms with Gasteiger partial charge < -0.3 is 10.6 Å². The van der Waals surface area contributed by atoms with Crippen molar-refractivity contribution in [3.05, 3.63) is 29.3 Å². The molecule has 0 unspecified atom stereocenters. The summed E-state index contributed by atoms with van der Waals surface area (Å²) in [5, 5.41) is 6.29. The van der Waals surface area contributed by atoms with Crippen molar-refractivity contribution in [2.75, 3.05) is 18.4 Å². The van der Waals surface area contributed by atoms with Gasteiger partial charge in [-0.15, -0.1) is 0 Å². The van der Waals surface area contributed by atoms with Gasteiger partial charge in [0.05, 0.1) is 5.56 Å². The Morgan fingerprint density at radius 2 is 1.89 bits per heavy atom. The minimum absolute atomic E-state index is 0.0165. The van der Waals surface area contributed by atoms with Gasteiger partial charge in [-0.2, -0.15) is 0 Å². The number of carbonyl (C=O) groups excluding carboxylic acids is 1. The first-order valence-corrected chi connectivity index (χ1v) is 7.25. The number of hydrogen-bond acceptors (Lipinski definition) is 2. The Bertz CT molecular complexity index is 411. The van der Waals surface area contributed by atoms with Gasteiger partial charge in [0.15, 0.2) is 0 Å². The molecule has 0 bridgehead atoms. The van der Waals surface area contributed by atoms with Crippen LogP contribution < -0.4 is 10.6 Å². The van der Waals surface area contributed by atoms with Crippen LogP contribution in [0, 0.1) is 12.8 Å². The molecule has 2 N–H and O–H groups in total. The molecule has 1 rings (SSSR count). The zero-order chi connectivity index (χ0) is 14.3. The first kappa shape index (κ1) is 15.5. The SMILES string of the molecule is CCNc1cc(C)ccc1C(=O)NCC(CC)CC. The van der Waals surface area contributed by atoms with Gasteiger partial charge in [-0.1, -0.05) is 32.8 Å². The Balaban J connectivity index is 2.75. The van der Waals surface area contributed by atoms with E-state index in [1.807, 2.05) is 32.0 Å². The quantitative estimate of drug-likeness (QED) is 0.788. The van der Waals surface area contributed by atoms with Crippen molar-refractivity contribution in [2.45, 2.75) is 40.5 Å². The molecule has 0 aromatic heterocycles. The fourth-order valence-electron chi connectivity index (χ4n) is 2.10. The van der Waals surface area contributed by atoms with Crippen molar-refractivity contribution >= 4 is 11.6 Å². The highest BCUT2D eigenvalue weighted by atomic mass is 16.1. The number of amides is 1. The van der Waals surface area contributed by atoms with Crippen LogP contribution in [0.4, 0.5) is 5.69 Å². The third-order valence-electron chi connectivity index (χ3n) is 3.49. The highest BCUT2D eigenvalue weighted by molar-refractivity contribution is 5.99. The summed E-state index contributed by atoms with van der Waals surface area (Å²) in [7, 11) is 0. The fraction of sp³-hybridized carbons (Fsp3) is 0.562. The third kappa shape index (κ3) is 4.58. The number of rotatable bonds is 7. The van der Waals surface area contributed by atoms with Crippen LogP contribution in [-0.4, -0.2) is 19.0 Å². The van der Waals surface area contributed by atoms with E-state index in [0.717, 1.165) is 42.7 Å². The number of aryl methyl sites for hydroxylation is 1. The van der Waals surface area contributed by atoms with Crippen LogP contribution in [0.3, 0.4) is 0 Å². The van der Waals surface area contributed by atoms with Gasteiger partial charge in [-0.25, -0.2) is 0 Å². The van der Waals surface area contributed by atoms with Gasteiger partial charge in [0.1, 0.15) is 0 Å². The lowest BCUT2D eigenvalue weighted by Gasteiger charge is -2.15. The van der Waals surface area contributed by atoms with Crippen LogP contribution in [-0.2, 0) is 0 Å². The Morgan fingerprint density at radius 3 is 2.47 bits per heavy atom. The lowest BCUT2D eigenvalue weighted by atomic mass is 10.0. The number of carbonyl (C=O) groups is 1. The lowest BCUT2D eigenvalue weighted by molar-refractivity contribution is 0.0947. The van der Waals surface area contributed by atoms with Crippen LogP contribution in [0.1, 0.15) is 49.5 Å². The predicted molar refractivity (Wildman–Crippen MR) is 81.7 cm³/mol. The maximum Gasteiger partial charge on any atom is 0.253 e. The molecule has 19 heavy (non-hydrogen) atoms. The van der Waals surface area contributed by atoms with E-state index in [4.69, 9.17) is 0 Å². The highest BCUT2D eigenvalue weighted by Crippen LogP contribution is 2.17. The molecule has 3 nitrogen and oxygen atoms in total. The third-order valence-corrected chi connectivity index (χ3v) is 3.49. The molecule has 1 aromatic carbocycles. The molecule has 1 amide bonds. The first-order chi connectivity index (χ1) is 9.12. The zero-order valence-electron chi connectivity index (χ0n) is 12.5. The highest BCUT2D eigenvalue weighted by Gasteiger charge is 2.12. The first-order valence-electron chi connectivity index (χ1n) is 7.25. The Labute approximate surface area is 116 Å². The van der Waals surface area contributed by atoms with E-state index < -0.39 is 0 Å².